The second-order valence-corrected chi connectivity index (χ2v) is 8.71. The number of carbonyl (C=O) groups is 3. The summed E-state index contributed by atoms with van der Waals surface area (Å²) in [7, 11) is 3.08. The summed E-state index contributed by atoms with van der Waals surface area (Å²) in [6.45, 7) is 1.22. The zero-order valence-electron chi connectivity index (χ0n) is 17.8. The van der Waals surface area contributed by atoms with Gasteiger partial charge in [0.05, 0.1) is 25.7 Å². The number of ether oxygens (including phenoxy) is 2. The molecule has 1 aliphatic carbocycles. The summed E-state index contributed by atoms with van der Waals surface area (Å²) in [5, 5.41) is 0. The molecule has 1 saturated carbocycles. The van der Waals surface area contributed by atoms with E-state index in [2.05, 4.69) is 0 Å². The van der Waals surface area contributed by atoms with Crippen LogP contribution in [0.3, 0.4) is 0 Å². The molecule has 3 atom stereocenters. The number of imide groups is 1. The Labute approximate surface area is 177 Å². The highest BCUT2D eigenvalue weighted by Gasteiger charge is 2.55. The Morgan fingerprint density at radius 1 is 1.20 bits per heavy atom. The van der Waals surface area contributed by atoms with Crippen LogP contribution in [0.15, 0.2) is 24.3 Å². The lowest BCUT2D eigenvalue weighted by atomic mass is 9.75. The Balaban J connectivity index is 1.69. The zero-order valence-corrected chi connectivity index (χ0v) is 17.8. The minimum absolute atomic E-state index is 0.00928. The first-order chi connectivity index (χ1) is 14.5. The molecule has 3 aliphatic rings. The molecule has 7 nitrogen and oxygen atoms in total. The van der Waals surface area contributed by atoms with Gasteiger partial charge in [-0.15, -0.1) is 0 Å². The number of benzene rings is 1. The van der Waals surface area contributed by atoms with Crippen LogP contribution >= 0.6 is 0 Å². The third-order valence-electron chi connectivity index (χ3n) is 6.97. The number of carbonyl (C=O) groups excluding carboxylic acids is 3. The highest BCUT2D eigenvalue weighted by molar-refractivity contribution is 6.11. The first-order valence-corrected chi connectivity index (χ1v) is 10.8. The quantitative estimate of drug-likeness (QED) is 0.639. The van der Waals surface area contributed by atoms with Gasteiger partial charge >= 0.3 is 0 Å². The summed E-state index contributed by atoms with van der Waals surface area (Å²) < 4.78 is 10.6. The van der Waals surface area contributed by atoms with Crippen LogP contribution in [0.4, 0.5) is 0 Å². The summed E-state index contributed by atoms with van der Waals surface area (Å²) in [4.78, 5) is 43.1. The maximum absolute atomic E-state index is 13.6. The van der Waals surface area contributed by atoms with Crippen LogP contribution in [0.1, 0.15) is 44.1 Å². The van der Waals surface area contributed by atoms with Crippen molar-refractivity contribution in [3.63, 3.8) is 0 Å². The predicted molar refractivity (Wildman–Crippen MR) is 110 cm³/mol. The van der Waals surface area contributed by atoms with E-state index in [4.69, 9.17) is 9.47 Å². The molecule has 0 spiro atoms. The molecule has 0 N–H and O–H groups in total. The third kappa shape index (κ3) is 3.49. The van der Waals surface area contributed by atoms with Gasteiger partial charge in [-0.2, -0.15) is 0 Å². The van der Waals surface area contributed by atoms with Gasteiger partial charge in [-0.1, -0.05) is 24.6 Å². The van der Waals surface area contributed by atoms with E-state index in [-0.39, 0.29) is 49.8 Å². The smallest absolute Gasteiger partial charge is 0.241 e. The van der Waals surface area contributed by atoms with Gasteiger partial charge in [0.1, 0.15) is 5.75 Å². The molecule has 2 saturated heterocycles. The first-order valence-electron chi connectivity index (χ1n) is 10.8. The fourth-order valence-electron chi connectivity index (χ4n) is 5.50. The van der Waals surface area contributed by atoms with Crippen molar-refractivity contribution >= 4 is 17.7 Å². The SMILES string of the molecule is COCCN1C(=O)C[C@](CC(=O)N2C[C@@H]3CCC[C@H]2C3)(c2ccccc2OC)C1=O. The monoisotopic (exact) mass is 414 g/mol. The molecule has 1 aromatic carbocycles. The van der Waals surface area contributed by atoms with Crippen molar-refractivity contribution < 1.29 is 23.9 Å². The van der Waals surface area contributed by atoms with Crippen LogP contribution in [0.2, 0.25) is 0 Å². The van der Waals surface area contributed by atoms with Crippen LogP contribution < -0.4 is 4.74 Å². The van der Waals surface area contributed by atoms with Gasteiger partial charge in [0.2, 0.25) is 17.7 Å². The summed E-state index contributed by atoms with van der Waals surface area (Å²) >= 11 is 0. The number of likely N-dealkylation sites (tertiary alicyclic amines) is 2. The standard InChI is InChI=1S/C23H30N2O5/c1-29-11-10-24-20(26)13-23(22(24)28,18-8-3-4-9-19(18)30-2)14-21(27)25-15-16-6-5-7-17(25)12-16/h3-4,8-9,16-17H,5-7,10-15H2,1-2H3/t16-,17+,23+/m1/s1. The predicted octanol–water partition coefficient (Wildman–Crippen LogP) is 2.13. The molecular formula is C23H30N2O5. The van der Waals surface area contributed by atoms with Gasteiger partial charge in [0.25, 0.3) is 0 Å². The number of rotatable bonds is 7. The molecule has 2 heterocycles. The lowest BCUT2D eigenvalue weighted by Crippen LogP contribution is -2.45. The molecule has 2 aliphatic heterocycles. The van der Waals surface area contributed by atoms with E-state index in [1.54, 1.807) is 19.2 Å². The molecule has 0 unspecified atom stereocenters. The van der Waals surface area contributed by atoms with Crippen molar-refractivity contribution in [1.82, 2.24) is 9.80 Å². The Morgan fingerprint density at radius 2 is 2.00 bits per heavy atom. The molecule has 162 valence electrons. The van der Waals surface area contributed by atoms with Crippen LogP contribution in [0, 0.1) is 5.92 Å². The molecule has 3 amide bonds. The van der Waals surface area contributed by atoms with Crippen LogP contribution in [-0.4, -0.2) is 67.5 Å². The van der Waals surface area contributed by atoms with E-state index < -0.39 is 5.41 Å². The van der Waals surface area contributed by atoms with Gasteiger partial charge in [-0.3, -0.25) is 19.3 Å². The van der Waals surface area contributed by atoms with E-state index in [0.29, 0.717) is 17.2 Å². The van der Waals surface area contributed by atoms with Crippen molar-refractivity contribution in [3.8, 4) is 5.75 Å². The van der Waals surface area contributed by atoms with Crippen molar-refractivity contribution in [2.75, 3.05) is 33.9 Å². The third-order valence-corrected chi connectivity index (χ3v) is 6.97. The van der Waals surface area contributed by atoms with Crippen molar-refractivity contribution in [3.05, 3.63) is 29.8 Å². The maximum atomic E-state index is 13.6. The molecule has 3 fully saturated rings. The highest BCUT2D eigenvalue weighted by atomic mass is 16.5. The molecule has 7 heteroatoms. The number of fused-ring (bicyclic) bond motifs is 2. The van der Waals surface area contributed by atoms with Crippen molar-refractivity contribution in [2.45, 2.75) is 50.0 Å². The van der Waals surface area contributed by atoms with Crippen LogP contribution in [0.5, 0.6) is 5.75 Å². The van der Waals surface area contributed by atoms with Gasteiger partial charge < -0.3 is 14.4 Å². The molecule has 0 radical (unpaired) electrons. The minimum Gasteiger partial charge on any atom is -0.496 e. The minimum atomic E-state index is -1.23. The summed E-state index contributed by atoms with van der Waals surface area (Å²) in [6, 6.07) is 7.50. The molecule has 0 aromatic heterocycles. The fourth-order valence-corrected chi connectivity index (χ4v) is 5.50. The summed E-state index contributed by atoms with van der Waals surface area (Å²) in [5.41, 5.74) is -0.619. The summed E-state index contributed by atoms with van der Waals surface area (Å²) in [6.07, 6.45) is 4.37. The van der Waals surface area contributed by atoms with E-state index in [9.17, 15) is 14.4 Å². The van der Waals surface area contributed by atoms with Crippen molar-refractivity contribution in [1.29, 1.82) is 0 Å². The number of para-hydroxylation sites is 1. The van der Waals surface area contributed by atoms with Gasteiger partial charge in [-0.25, -0.2) is 0 Å². The molecular weight excluding hydrogens is 384 g/mol. The maximum Gasteiger partial charge on any atom is 0.241 e. The van der Waals surface area contributed by atoms with Gasteiger partial charge in [-0.05, 0) is 31.2 Å². The normalized spacial score (nSPS) is 28.3. The van der Waals surface area contributed by atoms with E-state index >= 15 is 0 Å². The zero-order chi connectivity index (χ0) is 21.3. The van der Waals surface area contributed by atoms with Gasteiger partial charge in [0.15, 0.2) is 0 Å². The van der Waals surface area contributed by atoms with Gasteiger partial charge in [0, 0.05) is 38.1 Å². The Kier molecular flexibility index (Phi) is 5.82. The first kappa shape index (κ1) is 20.8. The van der Waals surface area contributed by atoms with Crippen LogP contribution in [-0.2, 0) is 24.5 Å². The second kappa shape index (κ2) is 8.38. The number of hydrogen-bond acceptors (Lipinski definition) is 5. The molecule has 4 rings (SSSR count). The topological polar surface area (TPSA) is 76.2 Å². The van der Waals surface area contributed by atoms with Crippen molar-refractivity contribution in [2.24, 2.45) is 5.92 Å². The molecule has 2 bridgehead atoms. The Morgan fingerprint density at radius 3 is 2.73 bits per heavy atom. The highest BCUT2D eigenvalue weighted by Crippen LogP contribution is 2.45. The van der Waals surface area contributed by atoms with E-state index in [0.717, 1.165) is 25.8 Å². The van der Waals surface area contributed by atoms with E-state index in [1.165, 1.54) is 18.4 Å². The number of amides is 3. The lowest BCUT2D eigenvalue weighted by molar-refractivity contribution is -0.143. The number of hydrogen-bond donors (Lipinski definition) is 0. The lowest BCUT2D eigenvalue weighted by Gasteiger charge is -2.32. The Hall–Kier alpha value is -2.41. The second-order valence-electron chi connectivity index (χ2n) is 8.71. The van der Waals surface area contributed by atoms with E-state index in [1.807, 2.05) is 17.0 Å². The summed E-state index contributed by atoms with van der Waals surface area (Å²) in [5.74, 6) is 0.458. The number of methoxy groups -OCH3 is 2. The average Bonchev–Trinajstić information content (AvgIpc) is 3.18. The largest absolute Gasteiger partial charge is 0.496 e. The molecule has 1 aromatic rings. The molecule has 30 heavy (non-hydrogen) atoms. The fraction of sp³-hybridized carbons (Fsp3) is 0.609. The Bertz CT molecular complexity index is 841. The van der Waals surface area contributed by atoms with Crippen LogP contribution in [0.25, 0.3) is 0 Å². The number of nitrogens with zero attached hydrogens (tertiary/aromatic N) is 2. The average molecular weight is 415 g/mol.